The Morgan fingerprint density at radius 2 is 2.20 bits per heavy atom. The highest BCUT2D eigenvalue weighted by atomic mass is 32.2. The van der Waals surface area contributed by atoms with E-state index in [0.717, 1.165) is 6.42 Å². The summed E-state index contributed by atoms with van der Waals surface area (Å²) in [4.78, 5) is 33.9. The number of carbonyl (C=O) groups is 2. The van der Waals surface area contributed by atoms with E-state index in [9.17, 15) is 9.59 Å². The fraction of sp³-hybridized carbons (Fsp3) is 0.538. The number of anilines is 1. The fourth-order valence-electron chi connectivity index (χ4n) is 2.70. The van der Waals surface area contributed by atoms with Crippen molar-refractivity contribution in [3.8, 4) is 0 Å². The number of nitrogens with one attached hydrogen (secondary N) is 1. The molecule has 0 radical (unpaired) electrons. The van der Waals surface area contributed by atoms with E-state index in [0.29, 0.717) is 23.7 Å². The second-order valence-corrected chi connectivity index (χ2v) is 6.78. The molecule has 0 saturated carbocycles. The van der Waals surface area contributed by atoms with Gasteiger partial charge >= 0.3 is 0 Å². The van der Waals surface area contributed by atoms with E-state index in [2.05, 4.69) is 15.3 Å². The lowest BCUT2D eigenvalue weighted by atomic mass is 10.2. The molecule has 6 nitrogen and oxygen atoms in total. The van der Waals surface area contributed by atoms with Crippen LogP contribution in [0.4, 0.5) is 5.69 Å². The second-order valence-electron chi connectivity index (χ2n) is 5.27. The van der Waals surface area contributed by atoms with E-state index >= 15 is 0 Å². The third kappa shape index (κ3) is 2.15. The molecule has 20 heavy (non-hydrogen) atoms. The average Bonchev–Trinajstić information content (AvgIpc) is 2.90. The van der Waals surface area contributed by atoms with Gasteiger partial charge in [-0.05, 0) is 20.3 Å². The molecular formula is C13H16N4O2S. The summed E-state index contributed by atoms with van der Waals surface area (Å²) in [6.45, 7) is 3.82. The summed E-state index contributed by atoms with van der Waals surface area (Å²) in [5.41, 5.74) is 0.561. The predicted octanol–water partition coefficient (Wildman–Crippen LogP) is 1.18. The van der Waals surface area contributed by atoms with Gasteiger partial charge in [-0.25, -0.2) is 9.97 Å². The first-order valence-electron chi connectivity index (χ1n) is 6.55. The van der Waals surface area contributed by atoms with Gasteiger partial charge in [-0.15, -0.1) is 11.8 Å². The normalized spacial score (nSPS) is 28.6. The smallest absolute Gasteiger partial charge is 0.248 e. The number of thioether (sulfide) groups is 1. The van der Waals surface area contributed by atoms with Crippen molar-refractivity contribution in [1.29, 1.82) is 0 Å². The molecule has 0 aliphatic carbocycles. The first-order chi connectivity index (χ1) is 9.49. The predicted molar refractivity (Wildman–Crippen MR) is 76.1 cm³/mol. The quantitative estimate of drug-likeness (QED) is 0.886. The number of hydrogen-bond acceptors (Lipinski definition) is 5. The van der Waals surface area contributed by atoms with E-state index in [4.69, 9.17) is 0 Å². The Balaban J connectivity index is 1.75. The van der Waals surface area contributed by atoms with E-state index in [1.807, 2.05) is 6.92 Å². The van der Waals surface area contributed by atoms with Crippen LogP contribution in [-0.2, 0) is 9.59 Å². The maximum absolute atomic E-state index is 12.4. The van der Waals surface area contributed by atoms with Gasteiger partial charge in [0.2, 0.25) is 11.8 Å². The van der Waals surface area contributed by atoms with Gasteiger partial charge in [0.1, 0.15) is 11.9 Å². The van der Waals surface area contributed by atoms with Crippen LogP contribution in [0.5, 0.6) is 0 Å². The Labute approximate surface area is 121 Å². The molecule has 3 heterocycles. The Kier molecular flexibility index (Phi) is 3.16. The van der Waals surface area contributed by atoms with Crippen molar-refractivity contribution in [2.24, 2.45) is 0 Å². The minimum absolute atomic E-state index is 0.0674. The summed E-state index contributed by atoms with van der Waals surface area (Å²) in [7, 11) is 0. The largest absolute Gasteiger partial charge is 0.322 e. The number of hydrogen-bond donors (Lipinski definition) is 1. The molecule has 7 heteroatoms. The molecule has 2 aliphatic heterocycles. The van der Waals surface area contributed by atoms with Gasteiger partial charge in [0.15, 0.2) is 0 Å². The maximum atomic E-state index is 12.4. The summed E-state index contributed by atoms with van der Waals surface area (Å²) in [6.07, 6.45) is 4.50. The molecule has 106 valence electrons. The van der Waals surface area contributed by atoms with E-state index in [-0.39, 0.29) is 16.7 Å². The molecule has 2 atom stereocenters. The zero-order chi connectivity index (χ0) is 14.3. The van der Waals surface area contributed by atoms with Crippen molar-refractivity contribution in [2.45, 2.75) is 37.6 Å². The van der Waals surface area contributed by atoms with Crippen LogP contribution in [0.25, 0.3) is 0 Å². The minimum atomic E-state index is -0.402. The van der Waals surface area contributed by atoms with Crippen LogP contribution in [0.3, 0.4) is 0 Å². The third-order valence-corrected chi connectivity index (χ3v) is 5.30. The minimum Gasteiger partial charge on any atom is -0.322 e. The van der Waals surface area contributed by atoms with Crippen LogP contribution in [0.2, 0.25) is 0 Å². The molecule has 2 fully saturated rings. The van der Waals surface area contributed by atoms with Gasteiger partial charge in [0.05, 0.1) is 23.0 Å². The lowest BCUT2D eigenvalue weighted by molar-refractivity contribution is -0.135. The van der Waals surface area contributed by atoms with Gasteiger partial charge in [-0.1, -0.05) is 0 Å². The number of carbonyl (C=O) groups excluding carboxylic acids is 2. The van der Waals surface area contributed by atoms with Crippen molar-refractivity contribution in [2.75, 3.05) is 11.1 Å². The highest BCUT2D eigenvalue weighted by molar-refractivity contribution is 8.01. The van der Waals surface area contributed by atoms with Crippen molar-refractivity contribution in [3.63, 3.8) is 0 Å². The van der Waals surface area contributed by atoms with Crippen LogP contribution < -0.4 is 5.32 Å². The van der Waals surface area contributed by atoms with Crippen molar-refractivity contribution in [3.05, 3.63) is 18.2 Å². The maximum Gasteiger partial charge on any atom is 0.248 e. The van der Waals surface area contributed by atoms with Crippen molar-refractivity contribution in [1.82, 2.24) is 14.9 Å². The molecule has 3 rings (SSSR count). The van der Waals surface area contributed by atoms with E-state index in [1.165, 1.54) is 0 Å². The van der Waals surface area contributed by atoms with Crippen molar-refractivity contribution < 1.29 is 9.59 Å². The molecule has 2 aliphatic rings. The van der Waals surface area contributed by atoms with E-state index < -0.39 is 6.04 Å². The number of nitrogens with zero attached hydrogens (tertiary/aromatic N) is 3. The lowest BCUT2D eigenvalue weighted by Gasteiger charge is -2.29. The number of aryl methyl sites for hydroxylation is 1. The van der Waals surface area contributed by atoms with Crippen LogP contribution >= 0.6 is 11.8 Å². The standard InChI is InChI=1S/C13H16N4O2S/c1-8-14-5-9(6-15-8)16-12(19)10-7-20-13(2)4-3-11(18)17(10)13/h5-6,10H,3-4,7H2,1-2H3,(H,16,19). The molecule has 0 aromatic carbocycles. The highest BCUT2D eigenvalue weighted by Gasteiger charge is 2.52. The molecule has 1 N–H and O–H groups in total. The topological polar surface area (TPSA) is 75.2 Å². The molecular weight excluding hydrogens is 276 g/mol. The monoisotopic (exact) mass is 292 g/mol. The Bertz CT molecular complexity index is 562. The van der Waals surface area contributed by atoms with Gasteiger partial charge in [-0.2, -0.15) is 0 Å². The van der Waals surface area contributed by atoms with Crippen molar-refractivity contribution >= 4 is 29.3 Å². The van der Waals surface area contributed by atoms with E-state index in [1.54, 1.807) is 36.0 Å². The van der Waals surface area contributed by atoms with Crippen LogP contribution in [0.1, 0.15) is 25.6 Å². The lowest BCUT2D eigenvalue weighted by Crippen LogP contribution is -2.48. The Hall–Kier alpha value is -1.63. The third-order valence-electron chi connectivity index (χ3n) is 3.80. The van der Waals surface area contributed by atoms with Crippen LogP contribution in [-0.4, -0.2) is 43.3 Å². The molecule has 2 amide bonds. The number of amides is 2. The van der Waals surface area contributed by atoms with Gasteiger partial charge in [-0.3, -0.25) is 9.59 Å². The Morgan fingerprint density at radius 1 is 1.50 bits per heavy atom. The summed E-state index contributed by atoms with van der Waals surface area (Å²) in [6, 6.07) is -0.402. The summed E-state index contributed by atoms with van der Waals surface area (Å²) in [5.74, 6) is 1.20. The summed E-state index contributed by atoms with van der Waals surface area (Å²) in [5, 5.41) is 2.79. The van der Waals surface area contributed by atoms with Gasteiger partial charge in [0, 0.05) is 12.2 Å². The van der Waals surface area contributed by atoms with Crippen LogP contribution in [0.15, 0.2) is 12.4 Å². The molecule has 0 bridgehead atoms. The molecule has 0 spiro atoms. The summed E-state index contributed by atoms with van der Waals surface area (Å²) < 4.78 is 0. The number of fused-ring (bicyclic) bond motifs is 1. The SMILES string of the molecule is Cc1ncc(NC(=O)C2CSC3(C)CCC(=O)N23)cn1. The zero-order valence-corrected chi connectivity index (χ0v) is 12.2. The highest BCUT2D eigenvalue weighted by Crippen LogP contribution is 2.47. The second kappa shape index (κ2) is 4.73. The molecule has 2 unspecified atom stereocenters. The summed E-state index contributed by atoms with van der Waals surface area (Å²) >= 11 is 1.68. The first-order valence-corrected chi connectivity index (χ1v) is 7.54. The number of rotatable bonds is 2. The number of aromatic nitrogens is 2. The molecule has 1 aromatic heterocycles. The Morgan fingerprint density at radius 3 is 2.90 bits per heavy atom. The average molecular weight is 292 g/mol. The van der Waals surface area contributed by atoms with Gasteiger partial charge in [0.25, 0.3) is 0 Å². The van der Waals surface area contributed by atoms with Crippen LogP contribution in [0, 0.1) is 6.92 Å². The molecule has 1 aromatic rings. The first kappa shape index (κ1) is 13.4. The van der Waals surface area contributed by atoms with Gasteiger partial charge < -0.3 is 10.2 Å². The fourth-order valence-corrected chi connectivity index (χ4v) is 4.13. The zero-order valence-electron chi connectivity index (χ0n) is 11.4. The molecule has 2 saturated heterocycles.